The molecule has 0 aliphatic carbocycles. The van der Waals surface area contributed by atoms with Crippen LogP contribution in [-0.4, -0.2) is 45.6 Å². The number of fused-ring (bicyclic) bond motifs is 1. The normalized spacial score (nSPS) is 14.4. The zero-order chi connectivity index (χ0) is 26.6. The van der Waals surface area contributed by atoms with Crippen molar-refractivity contribution in [2.45, 2.75) is 38.8 Å². The molecule has 5 rings (SSSR count). The van der Waals surface area contributed by atoms with Crippen LogP contribution in [0.2, 0.25) is 0 Å². The Morgan fingerprint density at radius 1 is 0.868 bits per heavy atom. The number of carboxylic acids is 1. The van der Waals surface area contributed by atoms with Gasteiger partial charge in [-0.1, -0.05) is 61.5 Å². The smallest absolute Gasteiger partial charge is 0.338 e. The predicted octanol–water partition coefficient (Wildman–Crippen LogP) is 5.10. The largest absolute Gasteiger partial charge is 0.478 e. The van der Waals surface area contributed by atoms with Crippen LogP contribution in [0.25, 0.3) is 16.5 Å². The van der Waals surface area contributed by atoms with Crippen molar-refractivity contribution >= 4 is 28.3 Å². The number of para-hydroxylation sites is 2. The van der Waals surface area contributed by atoms with E-state index in [9.17, 15) is 19.5 Å². The van der Waals surface area contributed by atoms with Crippen LogP contribution in [0.5, 0.6) is 0 Å². The van der Waals surface area contributed by atoms with E-state index in [1.807, 2.05) is 72.5 Å². The van der Waals surface area contributed by atoms with E-state index in [4.69, 9.17) is 0 Å². The first-order valence-corrected chi connectivity index (χ1v) is 13.0. The summed E-state index contributed by atoms with van der Waals surface area (Å²) in [6.07, 6.45) is 1.94. The lowest BCUT2D eigenvalue weighted by Gasteiger charge is -2.39. The maximum Gasteiger partial charge on any atom is 0.338 e. The van der Waals surface area contributed by atoms with Crippen molar-refractivity contribution in [2.75, 3.05) is 18.0 Å². The number of anilines is 1. The Hall–Kier alpha value is -4.23. The van der Waals surface area contributed by atoms with Gasteiger partial charge in [-0.05, 0) is 43.2 Å². The second-order valence-electron chi connectivity index (χ2n) is 9.61. The summed E-state index contributed by atoms with van der Waals surface area (Å²) in [5.74, 6) is -0.963. The molecule has 7 nitrogen and oxygen atoms in total. The molecular weight excluding hydrogens is 478 g/mol. The number of aromatic nitrogens is 1. The standard InChI is InChI=1S/C31H31N3O4/c1-2-28(35)33(22-11-5-3-6-12-22)24-17-19-32(20-18-24)21-27-29(31(37)38)25-15-9-10-16-26(25)30(36)34(27)23-13-7-4-8-14-23/h3-16,24H,2,17-21H2,1H3,(H,37,38). The van der Waals surface area contributed by atoms with Gasteiger partial charge in [0.1, 0.15) is 0 Å². The first-order valence-electron chi connectivity index (χ1n) is 13.0. The number of amides is 1. The number of rotatable bonds is 7. The van der Waals surface area contributed by atoms with E-state index in [0.717, 1.165) is 18.5 Å². The number of nitrogens with zero attached hydrogens (tertiary/aromatic N) is 3. The number of benzene rings is 3. The number of carboxylic acid groups (broad SMARTS) is 1. The van der Waals surface area contributed by atoms with E-state index >= 15 is 0 Å². The van der Waals surface area contributed by atoms with Crippen LogP contribution in [-0.2, 0) is 11.3 Å². The highest BCUT2D eigenvalue weighted by atomic mass is 16.4. The molecule has 1 aliphatic rings. The summed E-state index contributed by atoms with van der Waals surface area (Å²) in [4.78, 5) is 43.3. The van der Waals surface area contributed by atoms with Gasteiger partial charge in [0.15, 0.2) is 0 Å². The number of hydrogen-bond acceptors (Lipinski definition) is 4. The van der Waals surface area contributed by atoms with Crippen LogP contribution in [0.1, 0.15) is 42.2 Å². The average molecular weight is 510 g/mol. The molecule has 4 aromatic rings. The van der Waals surface area contributed by atoms with E-state index in [1.54, 1.807) is 28.8 Å². The van der Waals surface area contributed by atoms with Gasteiger partial charge >= 0.3 is 5.97 Å². The molecule has 1 aliphatic heterocycles. The molecule has 194 valence electrons. The minimum Gasteiger partial charge on any atom is -0.478 e. The fourth-order valence-electron chi connectivity index (χ4n) is 5.50. The average Bonchev–Trinajstić information content (AvgIpc) is 2.95. The van der Waals surface area contributed by atoms with Crippen molar-refractivity contribution in [1.82, 2.24) is 9.47 Å². The Kier molecular flexibility index (Phi) is 7.38. The molecule has 1 saturated heterocycles. The predicted molar refractivity (Wildman–Crippen MR) is 149 cm³/mol. The van der Waals surface area contributed by atoms with Gasteiger partial charge < -0.3 is 10.0 Å². The summed E-state index contributed by atoms with van der Waals surface area (Å²) in [5.41, 5.74) is 1.93. The number of carbonyl (C=O) groups is 2. The zero-order valence-electron chi connectivity index (χ0n) is 21.4. The van der Waals surface area contributed by atoms with Gasteiger partial charge in [-0.25, -0.2) is 4.79 Å². The molecule has 1 aromatic heterocycles. The van der Waals surface area contributed by atoms with Crippen LogP contribution >= 0.6 is 0 Å². The van der Waals surface area contributed by atoms with Gasteiger partial charge in [0, 0.05) is 54.2 Å². The summed E-state index contributed by atoms with van der Waals surface area (Å²) in [6, 6.07) is 25.9. The van der Waals surface area contributed by atoms with Gasteiger partial charge in [-0.15, -0.1) is 0 Å². The molecule has 38 heavy (non-hydrogen) atoms. The fourth-order valence-corrected chi connectivity index (χ4v) is 5.50. The highest BCUT2D eigenvalue weighted by Crippen LogP contribution is 2.28. The summed E-state index contributed by atoms with van der Waals surface area (Å²) in [6.45, 7) is 3.56. The molecule has 0 radical (unpaired) electrons. The number of carbonyl (C=O) groups excluding carboxylic acids is 1. The summed E-state index contributed by atoms with van der Waals surface area (Å²) < 4.78 is 1.55. The van der Waals surface area contributed by atoms with Crippen molar-refractivity contribution < 1.29 is 14.7 Å². The van der Waals surface area contributed by atoms with Crippen LogP contribution in [0.15, 0.2) is 89.7 Å². The second kappa shape index (κ2) is 11.0. The van der Waals surface area contributed by atoms with Crippen molar-refractivity contribution in [2.24, 2.45) is 0 Å². The van der Waals surface area contributed by atoms with E-state index in [1.165, 1.54) is 0 Å². The Balaban J connectivity index is 1.50. The van der Waals surface area contributed by atoms with E-state index in [-0.39, 0.29) is 23.1 Å². The van der Waals surface area contributed by atoms with Gasteiger partial charge in [-0.3, -0.25) is 19.1 Å². The molecule has 1 N–H and O–H groups in total. The molecule has 0 bridgehead atoms. The molecular formula is C31H31N3O4. The molecule has 0 spiro atoms. The Labute approximate surface area is 221 Å². The minimum absolute atomic E-state index is 0.0629. The third-order valence-electron chi connectivity index (χ3n) is 7.32. The number of piperidine rings is 1. The highest BCUT2D eigenvalue weighted by molar-refractivity contribution is 6.04. The summed E-state index contributed by atoms with van der Waals surface area (Å²) >= 11 is 0. The topological polar surface area (TPSA) is 82.9 Å². The van der Waals surface area contributed by atoms with Crippen LogP contribution in [0, 0.1) is 0 Å². The van der Waals surface area contributed by atoms with E-state index in [0.29, 0.717) is 48.2 Å². The molecule has 0 atom stereocenters. The van der Waals surface area contributed by atoms with Crippen molar-refractivity contribution in [3.8, 4) is 5.69 Å². The van der Waals surface area contributed by atoms with Crippen LogP contribution in [0.4, 0.5) is 5.69 Å². The molecule has 1 amide bonds. The second-order valence-corrected chi connectivity index (χ2v) is 9.61. The Morgan fingerprint density at radius 2 is 1.45 bits per heavy atom. The monoisotopic (exact) mass is 509 g/mol. The van der Waals surface area contributed by atoms with E-state index < -0.39 is 5.97 Å². The third-order valence-corrected chi connectivity index (χ3v) is 7.32. The van der Waals surface area contributed by atoms with E-state index in [2.05, 4.69) is 4.90 Å². The van der Waals surface area contributed by atoms with Crippen molar-refractivity contribution in [3.05, 3.63) is 107 Å². The maximum atomic E-state index is 13.7. The van der Waals surface area contributed by atoms with Gasteiger partial charge in [0.2, 0.25) is 5.91 Å². The number of hydrogen-bond donors (Lipinski definition) is 1. The minimum atomic E-state index is -1.06. The lowest BCUT2D eigenvalue weighted by Crippen LogP contribution is -2.47. The number of aromatic carboxylic acids is 1. The summed E-state index contributed by atoms with van der Waals surface area (Å²) in [5, 5.41) is 11.1. The SMILES string of the molecule is CCC(=O)N(c1ccccc1)C1CCN(Cc2c(C(=O)O)c3ccccc3c(=O)n2-c2ccccc2)CC1. The molecule has 7 heteroatoms. The van der Waals surface area contributed by atoms with Gasteiger partial charge in [-0.2, -0.15) is 0 Å². The summed E-state index contributed by atoms with van der Waals surface area (Å²) in [7, 11) is 0. The molecule has 3 aromatic carbocycles. The van der Waals surface area contributed by atoms with Crippen LogP contribution in [0.3, 0.4) is 0 Å². The van der Waals surface area contributed by atoms with Crippen molar-refractivity contribution in [1.29, 1.82) is 0 Å². The molecule has 2 heterocycles. The van der Waals surface area contributed by atoms with Crippen LogP contribution < -0.4 is 10.5 Å². The first kappa shape index (κ1) is 25.4. The van der Waals surface area contributed by atoms with Gasteiger partial charge in [0.25, 0.3) is 5.56 Å². The number of likely N-dealkylation sites (tertiary alicyclic amines) is 1. The third kappa shape index (κ3) is 4.85. The lowest BCUT2D eigenvalue weighted by molar-refractivity contribution is -0.119. The highest BCUT2D eigenvalue weighted by Gasteiger charge is 2.30. The zero-order valence-corrected chi connectivity index (χ0v) is 21.4. The van der Waals surface area contributed by atoms with Gasteiger partial charge in [0.05, 0.1) is 11.3 Å². The quantitative estimate of drug-likeness (QED) is 0.375. The Bertz CT molecular complexity index is 1510. The van der Waals surface area contributed by atoms with Crippen molar-refractivity contribution in [3.63, 3.8) is 0 Å². The maximum absolute atomic E-state index is 13.7. The lowest BCUT2D eigenvalue weighted by atomic mass is 9.99. The fraction of sp³-hybridized carbons (Fsp3) is 0.258. The Morgan fingerprint density at radius 3 is 2.05 bits per heavy atom. The molecule has 1 fully saturated rings. The molecule has 0 unspecified atom stereocenters. The molecule has 0 saturated carbocycles. The number of pyridine rings is 1. The first-order chi connectivity index (χ1) is 18.5.